The third-order valence-electron chi connectivity index (χ3n) is 6.33. The summed E-state index contributed by atoms with van der Waals surface area (Å²) in [6.45, 7) is 2.02. The van der Waals surface area contributed by atoms with Gasteiger partial charge in [-0.25, -0.2) is 14.6 Å². The standard InChI is InChI=1S/C25H20N6O2/c1-13-5-4-6-16-20-15(14-7-10-19(28-11-14)29-24(32)26-2)8-9-17-21(20)23-18(12-27-17)30(3)25(33)31(23)22(13)16/h4-12H,1-3H3,(H2,26,28,29,32). The minimum absolute atomic E-state index is 0.0859. The number of nitrogens with one attached hydrogen (secondary N) is 2. The Hall–Kier alpha value is -4.46. The number of aryl methyl sites for hydroxylation is 2. The summed E-state index contributed by atoms with van der Waals surface area (Å²) >= 11 is 0. The van der Waals surface area contributed by atoms with Crippen LogP contribution in [0.1, 0.15) is 5.56 Å². The number of amides is 2. The van der Waals surface area contributed by atoms with Crippen molar-refractivity contribution in [1.29, 1.82) is 0 Å². The number of carbonyl (C=O) groups excluding carboxylic acids is 1. The summed E-state index contributed by atoms with van der Waals surface area (Å²) in [7, 11) is 3.34. The average molecular weight is 436 g/mol. The van der Waals surface area contributed by atoms with Gasteiger partial charge in [0.2, 0.25) is 0 Å². The molecule has 8 heteroatoms. The average Bonchev–Trinajstić information content (AvgIpc) is 3.09. The summed E-state index contributed by atoms with van der Waals surface area (Å²) in [4.78, 5) is 34.0. The van der Waals surface area contributed by atoms with E-state index in [0.29, 0.717) is 5.82 Å². The molecule has 4 heterocycles. The smallest absolute Gasteiger partial charge is 0.333 e. The van der Waals surface area contributed by atoms with Gasteiger partial charge in [0.05, 0.1) is 28.3 Å². The van der Waals surface area contributed by atoms with Crippen LogP contribution in [0, 0.1) is 6.92 Å². The summed E-state index contributed by atoms with van der Waals surface area (Å²) in [5.41, 5.74) is 6.23. The van der Waals surface area contributed by atoms with Crippen molar-refractivity contribution >= 4 is 50.1 Å². The Bertz CT molecular complexity index is 1780. The van der Waals surface area contributed by atoms with E-state index in [1.807, 2.05) is 41.7 Å². The Balaban J connectivity index is 1.76. The monoisotopic (exact) mass is 436 g/mol. The molecule has 0 saturated carbocycles. The van der Waals surface area contributed by atoms with Gasteiger partial charge in [-0.05, 0) is 36.2 Å². The number of benzene rings is 2. The molecule has 0 spiro atoms. The van der Waals surface area contributed by atoms with Crippen LogP contribution >= 0.6 is 0 Å². The van der Waals surface area contributed by atoms with Crippen LogP contribution in [-0.4, -0.2) is 32.0 Å². The molecule has 0 fully saturated rings. The van der Waals surface area contributed by atoms with E-state index >= 15 is 0 Å². The summed E-state index contributed by atoms with van der Waals surface area (Å²) in [5, 5.41) is 8.17. The van der Waals surface area contributed by atoms with E-state index in [-0.39, 0.29) is 11.7 Å². The van der Waals surface area contributed by atoms with Crippen molar-refractivity contribution in [3.8, 4) is 11.1 Å². The fraction of sp³-hybridized carbons (Fsp3) is 0.120. The molecule has 2 N–H and O–H groups in total. The van der Waals surface area contributed by atoms with E-state index in [1.165, 1.54) is 0 Å². The van der Waals surface area contributed by atoms with Gasteiger partial charge in [-0.1, -0.05) is 24.3 Å². The topological polar surface area (TPSA) is 93.3 Å². The molecule has 4 aromatic heterocycles. The Kier molecular flexibility index (Phi) is 3.95. The van der Waals surface area contributed by atoms with Crippen LogP contribution in [0.4, 0.5) is 10.6 Å². The highest BCUT2D eigenvalue weighted by Crippen LogP contribution is 2.40. The number of rotatable bonds is 2. The van der Waals surface area contributed by atoms with Gasteiger partial charge in [0.25, 0.3) is 0 Å². The molecule has 33 heavy (non-hydrogen) atoms. The minimum atomic E-state index is -0.323. The van der Waals surface area contributed by atoms with Crippen molar-refractivity contribution in [2.45, 2.75) is 6.92 Å². The number of hydrogen-bond donors (Lipinski definition) is 2. The first kappa shape index (κ1) is 19.2. The van der Waals surface area contributed by atoms with Crippen LogP contribution in [-0.2, 0) is 7.05 Å². The molecular weight excluding hydrogens is 416 g/mol. The Morgan fingerprint density at radius 3 is 2.58 bits per heavy atom. The molecule has 0 bridgehead atoms. The fourth-order valence-corrected chi connectivity index (χ4v) is 4.77. The number of hydrogen-bond acceptors (Lipinski definition) is 4. The molecular formula is C25H20N6O2. The molecule has 6 aromatic rings. The van der Waals surface area contributed by atoms with Crippen LogP contribution < -0.4 is 16.3 Å². The fourth-order valence-electron chi connectivity index (χ4n) is 4.77. The van der Waals surface area contributed by atoms with Gasteiger partial charge in [0.1, 0.15) is 5.82 Å². The van der Waals surface area contributed by atoms with Gasteiger partial charge in [-0.2, -0.15) is 0 Å². The lowest BCUT2D eigenvalue weighted by atomic mass is 9.93. The number of para-hydroxylation sites is 1. The maximum atomic E-state index is 13.3. The second-order valence-corrected chi connectivity index (χ2v) is 8.16. The predicted molar refractivity (Wildman–Crippen MR) is 130 cm³/mol. The molecule has 162 valence electrons. The number of anilines is 1. The molecule has 0 saturated heterocycles. The summed E-state index contributed by atoms with van der Waals surface area (Å²) in [6, 6.07) is 13.5. The third kappa shape index (κ3) is 2.57. The van der Waals surface area contributed by atoms with Gasteiger partial charge in [0.15, 0.2) is 0 Å². The maximum Gasteiger partial charge on any atom is 0.333 e. The van der Waals surface area contributed by atoms with Crippen molar-refractivity contribution < 1.29 is 4.79 Å². The summed E-state index contributed by atoms with van der Waals surface area (Å²) in [6.07, 6.45) is 3.52. The number of aromatic nitrogens is 4. The SMILES string of the molecule is CNC(=O)Nc1ccc(-c2ccc3ncc4c5c3c2c2cccc(C)c2n5c(=O)n4C)cn1. The maximum absolute atomic E-state index is 13.3. The molecule has 2 aromatic carbocycles. The third-order valence-corrected chi connectivity index (χ3v) is 6.33. The van der Waals surface area contributed by atoms with E-state index < -0.39 is 0 Å². The highest BCUT2D eigenvalue weighted by atomic mass is 16.2. The molecule has 0 radical (unpaired) electrons. The van der Waals surface area contributed by atoms with Gasteiger partial charge in [-0.15, -0.1) is 0 Å². The number of nitrogens with zero attached hydrogens (tertiary/aromatic N) is 4. The molecule has 2 amide bonds. The highest BCUT2D eigenvalue weighted by molar-refractivity contribution is 6.26. The number of fused-ring (bicyclic) bond motifs is 3. The van der Waals surface area contributed by atoms with Crippen molar-refractivity contribution in [1.82, 2.24) is 24.3 Å². The molecule has 0 aliphatic heterocycles. The van der Waals surface area contributed by atoms with Crippen molar-refractivity contribution in [2.24, 2.45) is 7.05 Å². The predicted octanol–water partition coefficient (Wildman–Crippen LogP) is 4.05. The molecule has 0 aliphatic carbocycles. The Morgan fingerprint density at radius 2 is 1.82 bits per heavy atom. The van der Waals surface area contributed by atoms with Gasteiger partial charge >= 0.3 is 11.7 Å². The zero-order valence-electron chi connectivity index (χ0n) is 18.3. The van der Waals surface area contributed by atoms with Gasteiger partial charge in [-0.3, -0.25) is 19.3 Å². The van der Waals surface area contributed by atoms with Crippen molar-refractivity contribution in [3.05, 3.63) is 70.9 Å². The zero-order chi connectivity index (χ0) is 22.9. The lowest BCUT2D eigenvalue weighted by Gasteiger charge is -2.16. The number of urea groups is 1. The quantitative estimate of drug-likeness (QED) is 0.316. The first-order valence-electron chi connectivity index (χ1n) is 10.6. The lowest BCUT2D eigenvalue weighted by molar-refractivity contribution is 0.254. The summed E-state index contributed by atoms with van der Waals surface area (Å²) < 4.78 is 3.47. The van der Waals surface area contributed by atoms with Crippen LogP contribution in [0.3, 0.4) is 0 Å². The van der Waals surface area contributed by atoms with Crippen LogP contribution in [0.5, 0.6) is 0 Å². The second kappa shape index (κ2) is 6.77. The first-order chi connectivity index (χ1) is 16.0. The zero-order valence-corrected chi connectivity index (χ0v) is 18.3. The summed E-state index contributed by atoms with van der Waals surface area (Å²) in [5.74, 6) is 0.463. The van der Waals surface area contributed by atoms with Crippen molar-refractivity contribution in [3.63, 3.8) is 0 Å². The van der Waals surface area contributed by atoms with E-state index in [0.717, 1.165) is 54.9 Å². The highest BCUT2D eigenvalue weighted by Gasteiger charge is 2.22. The van der Waals surface area contributed by atoms with E-state index in [1.54, 1.807) is 37.1 Å². The van der Waals surface area contributed by atoms with Crippen LogP contribution in [0.15, 0.2) is 59.7 Å². The van der Waals surface area contributed by atoms with E-state index in [2.05, 4.69) is 26.7 Å². The Labute approximate surface area is 187 Å². The van der Waals surface area contributed by atoms with Gasteiger partial charge < -0.3 is 5.32 Å². The van der Waals surface area contributed by atoms with Crippen LogP contribution in [0.2, 0.25) is 0 Å². The molecule has 0 atom stereocenters. The number of carbonyl (C=O) groups is 1. The van der Waals surface area contributed by atoms with Crippen molar-refractivity contribution in [2.75, 3.05) is 12.4 Å². The lowest BCUT2D eigenvalue weighted by Crippen LogP contribution is -2.24. The molecule has 8 nitrogen and oxygen atoms in total. The largest absolute Gasteiger partial charge is 0.341 e. The molecule has 6 rings (SSSR count). The molecule has 0 unspecified atom stereocenters. The minimum Gasteiger partial charge on any atom is -0.341 e. The van der Waals surface area contributed by atoms with Crippen LogP contribution in [0.25, 0.3) is 49.4 Å². The number of imidazole rings is 1. The van der Waals surface area contributed by atoms with Gasteiger partial charge in [0, 0.05) is 42.0 Å². The normalized spacial score (nSPS) is 11.7. The Morgan fingerprint density at radius 1 is 0.970 bits per heavy atom. The van der Waals surface area contributed by atoms with E-state index in [4.69, 9.17) is 0 Å². The first-order valence-corrected chi connectivity index (χ1v) is 10.6. The second-order valence-electron chi connectivity index (χ2n) is 8.16. The van der Waals surface area contributed by atoms with E-state index in [9.17, 15) is 9.59 Å². The molecule has 0 aliphatic rings. The number of pyridine rings is 3.